The van der Waals surface area contributed by atoms with Gasteiger partial charge in [0.05, 0.1) is 17.4 Å². The summed E-state index contributed by atoms with van der Waals surface area (Å²) in [5.41, 5.74) is 2.06. The summed E-state index contributed by atoms with van der Waals surface area (Å²) < 4.78 is 0. The second kappa shape index (κ2) is 8.18. The molecule has 2 amide bonds. The fourth-order valence-electron chi connectivity index (χ4n) is 2.98. The van der Waals surface area contributed by atoms with Gasteiger partial charge in [-0.2, -0.15) is 0 Å². The van der Waals surface area contributed by atoms with E-state index in [1.165, 1.54) is 18.5 Å². The quantitative estimate of drug-likeness (QED) is 0.773. The molecule has 1 atom stereocenters. The molecule has 2 heterocycles. The lowest BCUT2D eigenvalue weighted by Crippen LogP contribution is -2.32. The molecule has 0 radical (unpaired) electrons. The van der Waals surface area contributed by atoms with Crippen LogP contribution in [-0.2, 0) is 4.79 Å². The van der Waals surface area contributed by atoms with Crippen molar-refractivity contribution in [1.82, 2.24) is 14.9 Å². The summed E-state index contributed by atoms with van der Waals surface area (Å²) in [5.74, 6) is 0.180. The third-order valence-corrected chi connectivity index (χ3v) is 4.53. The number of hydrogen-bond donors (Lipinski definition) is 2. The van der Waals surface area contributed by atoms with Crippen LogP contribution in [0.1, 0.15) is 22.3 Å². The summed E-state index contributed by atoms with van der Waals surface area (Å²) in [6.45, 7) is 6.50. The summed E-state index contributed by atoms with van der Waals surface area (Å²) in [5, 5.41) is 6.39. The molecule has 0 spiro atoms. The molecule has 1 aliphatic rings. The lowest BCUT2D eigenvalue weighted by atomic mass is 10.1. The smallest absolute Gasteiger partial charge is 0.254 e. The molecule has 2 N–H and O–H groups in total. The van der Waals surface area contributed by atoms with Gasteiger partial charge in [-0.15, -0.1) is 0 Å². The molecular weight excluding hydrogens is 366 g/mol. The third-order valence-electron chi connectivity index (χ3n) is 4.34. The number of aryl methyl sites for hydroxylation is 1. The molecule has 1 fully saturated rings. The van der Waals surface area contributed by atoms with Crippen LogP contribution in [0.5, 0.6) is 0 Å². The van der Waals surface area contributed by atoms with Crippen LogP contribution in [0.2, 0.25) is 5.02 Å². The predicted octanol–water partition coefficient (Wildman–Crippen LogP) is 2.89. The van der Waals surface area contributed by atoms with Gasteiger partial charge in [0, 0.05) is 30.4 Å². The Balaban J connectivity index is 1.63. The average molecular weight is 386 g/mol. The number of halogens is 1. The zero-order chi connectivity index (χ0) is 19.4. The molecule has 0 aliphatic carbocycles. The van der Waals surface area contributed by atoms with Crippen LogP contribution < -0.4 is 10.6 Å². The normalized spacial score (nSPS) is 16.1. The Morgan fingerprint density at radius 3 is 2.74 bits per heavy atom. The topological polar surface area (TPSA) is 87.2 Å². The monoisotopic (exact) mass is 385 g/mol. The largest absolute Gasteiger partial charge is 0.350 e. The fraction of sp³-hybridized carbons (Fsp3) is 0.263. The van der Waals surface area contributed by atoms with Crippen LogP contribution >= 0.6 is 11.6 Å². The van der Waals surface area contributed by atoms with Gasteiger partial charge in [-0.25, -0.2) is 9.97 Å². The highest BCUT2D eigenvalue weighted by molar-refractivity contribution is 6.30. The molecule has 27 heavy (non-hydrogen) atoms. The van der Waals surface area contributed by atoms with E-state index in [1.54, 1.807) is 23.1 Å². The minimum atomic E-state index is -0.286. The Morgan fingerprint density at radius 1 is 1.33 bits per heavy atom. The summed E-state index contributed by atoms with van der Waals surface area (Å²) in [4.78, 5) is 34.3. The summed E-state index contributed by atoms with van der Waals surface area (Å²) in [6.07, 6.45) is 5.08. The maximum atomic E-state index is 12.8. The second-order valence-corrected chi connectivity index (χ2v) is 6.77. The zero-order valence-electron chi connectivity index (χ0n) is 14.9. The molecule has 140 valence electrons. The lowest BCUT2D eigenvalue weighted by molar-refractivity contribution is -0.111. The van der Waals surface area contributed by atoms with Crippen LogP contribution in [0, 0.1) is 6.92 Å². The number of benzene rings is 1. The van der Waals surface area contributed by atoms with Crippen LogP contribution in [0.15, 0.2) is 43.2 Å². The highest BCUT2D eigenvalue weighted by Gasteiger charge is 2.28. The average Bonchev–Trinajstić information content (AvgIpc) is 3.11. The number of carbonyl (C=O) groups excluding carboxylic acids is 2. The molecule has 0 saturated carbocycles. The molecule has 2 aromatic rings. The lowest BCUT2D eigenvalue weighted by Gasteiger charge is -2.18. The van der Waals surface area contributed by atoms with Crippen molar-refractivity contribution >= 4 is 35.1 Å². The van der Waals surface area contributed by atoms with Gasteiger partial charge in [0.25, 0.3) is 5.91 Å². The van der Waals surface area contributed by atoms with E-state index in [0.29, 0.717) is 35.3 Å². The molecule has 0 unspecified atom stereocenters. The second-order valence-electron chi connectivity index (χ2n) is 6.33. The number of amides is 2. The zero-order valence-corrected chi connectivity index (χ0v) is 15.7. The molecule has 1 aromatic carbocycles. The van der Waals surface area contributed by atoms with Crippen LogP contribution in [0.3, 0.4) is 0 Å². The number of nitrogens with one attached hydrogen (secondary N) is 2. The van der Waals surface area contributed by atoms with Gasteiger partial charge in [-0.3, -0.25) is 9.59 Å². The highest BCUT2D eigenvalue weighted by atomic mass is 35.5. The molecule has 1 aromatic heterocycles. The van der Waals surface area contributed by atoms with Crippen molar-refractivity contribution in [3.05, 3.63) is 59.4 Å². The van der Waals surface area contributed by atoms with Gasteiger partial charge in [-0.05, 0) is 43.2 Å². The van der Waals surface area contributed by atoms with E-state index in [9.17, 15) is 9.59 Å². The molecule has 3 rings (SSSR count). The predicted molar refractivity (Wildman–Crippen MR) is 105 cm³/mol. The summed E-state index contributed by atoms with van der Waals surface area (Å²) >= 11 is 5.79. The van der Waals surface area contributed by atoms with Crippen molar-refractivity contribution in [1.29, 1.82) is 0 Å². The van der Waals surface area contributed by atoms with E-state index in [1.807, 2.05) is 6.92 Å². The molecule has 1 aliphatic heterocycles. The Bertz CT molecular complexity index is 869. The van der Waals surface area contributed by atoms with E-state index in [2.05, 4.69) is 27.2 Å². The van der Waals surface area contributed by atoms with Crippen LogP contribution in [0.4, 0.5) is 11.6 Å². The minimum Gasteiger partial charge on any atom is -0.350 e. The first-order valence-electron chi connectivity index (χ1n) is 8.53. The Morgan fingerprint density at radius 2 is 2.07 bits per heavy atom. The highest BCUT2D eigenvalue weighted by Crippen LogP contribution is 2.21. The van der Waals surface area contributed by atoms with Gasteiger partial charge >= 0.3 is 0 Å². The third kappa shape index (κ3) is 4.62. The molecule has 8 heteroatoms. The number of anilines is 2. The van der Waals surface area contributed by atoms with Gasteiger partial charge in [0.15, 0.2) is 0 Å². The van der Waals surface area contributed by atoms with E-state index < -0.39 is 0 Å². The summed E-state index contributed by atoms with van der Waals surface area (Å²) in [6, 6.07) is 5.32. The Labute approximate surface area is 162 Å². The van der Waals surface area contributed by atoms with Crippen LogP contribution in [0.25, 0.3) is 0 Å². The molecular formula is C19H20ClN5O2. The van der Waals surface area contributed by atoms with Gasteiger partial charge < -0.3 is 15.5 Å². The number of aromatic nitrogens is 2. The van der Waals surface area contributed by atoms with E-state index in [0.717, 1.165) is 12.0 Å². The van der Waals surface area contributed by atoms with Gasteiger partial charge in [0.2, 0.25) is 11.9 Å². The number of nitrogens with zero attached hydrogens (tertiary/aromatic N) is 3. The van der Waals surface area contributed by atoms with Crippen molar-refractivity contribution in [3.63, 3.8) is 0 Å². The van der Waals surface area contributed by atoms with E-state index >= 15 is 0 Å². The molecule has 7 nitrogen and oxygen atoms in total. The summed E-state index contributed by atoms with van der Waals surface area (Å²) in [7, 11) is 0. The Hall–Kier alpha value is -2.93. The van der Waals surface area contributed by atoms with Crippen LogP contribution in [-0.4, -0.2) is 45.8 Å². The fourth-order valence-corrected chi connectivity index (χ4v) is 3.07. The molecule has 0 bridgehead atoms. The first-order valence-corrected chi connectivity index (χ1v) is 8.91. The molecule has 1 saturated heterocycles. The van der Waals surface area contributed by atoms with Crippen molar-refractivity contribution < 1.29 is 9.59 Å². The number of likely N-dealkylation sites (tertiary alicyclic amines) is 1. The standard InChI is InChI=1S/C19H20ClN5O2/c1-3-17(26)23-14-4-5-16(12(2)8-14)18(27)25-7-6-15(11-25)24-19-21-9-13(20)10-22-19/h3-5,8-10,15H,1,6-7,11H2,2H3,(H,23,26)(H,21,22,24)/t15-/m0/s1. The first kappa shape index (κ1) is 18.8. The SMILES string of the molecule is C=CC(=O)Nc1ccc(C(=O)N2CC[C@H](Nc3ncc(Cl)cn3)C2)c(C)c1. The van der Waals surface area contributed by atoms with Crippen molar-refractivity contribution in [2.75, 3.05) is 23.7 Å². The number of rotatable bonds is 5. The van der Waals surface area contributed by atoms with Gasteiger partial charge in [0.1, 0.15) is 0 Å². The van der Waals surface area contributed by atoms with E-state index in [-0.39, 0.29) is 17.9 Å². The number of carbonyl (C=O) groups is 2. The van der Waals surface area contributed by atoms with Crippen molar-refractivity contribution in [2.45, 2.75) is 19.4 Å². The number of hydrogen-bond acceptors (Lipinski definition) is 5. The van der Waals surface area contributed by atoms with E-state index in [4.69, 9.17) is 11.6 Å². The van der Waals surface area contributed by atoms with Crippen molar-refractivity contribution in [2.24, 2.45) is 0 Å². The van der Waals surface area contributed by atoms with Gasteiger partial charge in [-0.1, -0.05) is 18.2 Å². The van der Waals surface area contributed by atoms with Crippen molar-refractivity contribution in [3.8, 4) is 0 Å². The first-order chi connectivity index (χ1) is 13.0. The maximum absolute atomic E-state index is 12.8. The Kier molecular flexibility index (Phi) is 5.71. The minimum absolute atomic E-state index is 0.0320. The maximum Gasteiger partial charge on any atom is 0.254 e.